The van der Waals surface area contributed by atoms with Gasteiger partial charge in [0.2, 0.25) is 0 Å². The van der Waals surface area contributed by atoms with E-state index in [0.717, 1.165) is 5.56 Å². The first-order chi connectivity index (χ1) is 14.0. The van der Waals surface area contributed by atoms with Gasteiger partial charge in [-0.25, -0.2) is 9.78 Å². The number of nitrogens with zero attached hydrogens (tertiary/aromatic N) is 1. The van der Waals surface area contributed by atoms with Gasteiger partial charge < -0.3 is 19.2 Å². The number of aromatic nitrogens is 2. The molecule has 1 atom stereocenters. The lowest BCUT2D eigenvalue weighted by Gasteiger charge is -2.12. The summed E-state index contributed by atoms with van der Waals surface area (Å²) in [5, 5.41) is 0.485. The number of aromatic amines is 1. The summed E-state index contributed by atoms with van der Waals surface area (Å²) >= 11 is 0. The van der Waals surface area contributed by atoms with Crippen molar-refractivity contribution in [3.05, 3.63) is 70.3 Å². The summed E-state index contributed by atoms with van der Waals surface area (Å²) in [6.45, 7) is 4.07. The Bertz CT molecular complexity index is 1100. The van der Waals surface area contributed by atoms with Crippen LogP contribution in [0.15, 0.2) is 53.3 Å². The molecule has 7 nitrogen and oxygen atoms in total. The van der Waals surface area contributed by atoms with Crippen molar-refractivity contribution >= 4 is 22.9 Å². The van der Waals surface area contributed by atoms with E-state index in [1.807, 2.05) is 13.0 Å². The molecule has 1 N–H and O–H groups in total. The molecule has 1 heterocycles. The smallest absolute Gasteiger partial charge is 0.331 e. The maximum absolute atomic E-state index is 12.2. The third kappa shape index (κ3) is 4.82. The fourth-order valence-corrected chi connectivity index (χ4v) is 2.79. The summed E-state index contributed by atoms with van der Waals surface area (Å²) in [6, 6.07) is 12.3. The maximum Gasteiger partial charge on any atom is 0.331 e. The fraction of sp³-hybridized carbons (Fsp3) is 0.227. The number of methoxy groups -OCH3 is 1. The van der Waals surface area contributed by atoms with Crippen molar-refractivity contribution < 1.29 is 19.0 Å². The minimum Gasteiger partial charge on any atom is -0.493 e. The number of esters is 1. The van der Waals surface area contributed by atoms with E-state index in [2.05, 4.69) is 9.97 Å². The molecule has 3 rings (SSSR count). The standard InChI is InChI=1S/C22H22N2O5/c1-4-28-18-11-9-15(13-19(18)27-3)10-12-20(25)29-14(2)21-23-17-8-6-5-7-16(17)22(26)24-21/h5-14H,4H2,1-3H3,(H,23,24,26)/b12-10+/t14-/m0/s1. The van der Waals surface area contributed by atoms with Crippen molar-refractivity contribution in [1.29, 1.82) is 0 Å². The number of ether oxygens (including phenoxy) is 3. The number of hydrogen-bond donors (Lipinski definition) is 1. The van der Waals surface area contributed by atoms with Gasteiger partial charge in [-0.15, -0.1) is 0 Å². The molecule has 0 bridgehead atoms. The van der Waals surface area contributed by atoms with Crippen LogP contribution < -0.4 is 15.0 Å². The number of fused-ring (bicyclic) bond motifs is 1. The van der Waals surface area contributed by atoms with Crippen LogP contribution in [0, 0.1) is 0 Å². The Kier molecular flexibility index (Phi) is 6.29. The lowest BCUT2D eigenvalue weighted by atomic mass is 10.2. The molecule has 0 fully saturated rings. The number of carbonyl (C=O) groups excluding carboxylic acids is 1. The number of hydrogen-bond acceptors (Lipinski definition) is 6. The zero-order chi connectivity index (χ0) is 20.8. The van der Waals surface area contributed by atoms with E-state index in [0.29, 0.717) is 29.0 Å². The zero-order valence-electron chi connectivity index (χ0n) is 16.5. The summed E-state index contributed by atoms with van der Waals surface area (Å²) in [4.78, 5) is 31.4. The molecule has 0 radical (unpaired) electrons. The molecule has 1 aromatic heterocycles. The Morgan fingerprint density at radius 2 is 2.00 bits per heavy atom. The number of para-hydroxylation sites is 1. The monoisotopic (exact) mass is 394 g/mol. The van der Waals surface area contributed by atoms with Crippen LogP contribution in [0.25, 0.3) is 17.0 Å². The Balaban J connectivity index is 1.71. The van der Waals surface area contributed by atoms with E-state index < -0.39 is 12.1 Å². The van der Waals surface area contributed by atoms with Gasteiger partial charge in [-0.2, -0.15) is 0 Å². The Hall–Kier alpha value is -3.61. The highest BCUT2D eigenvalue weighted by molar-refractivity contribution is 5.87. The quantitative estimate of drug-likeness (QED) is 0.486. The average Bonchev–Trinajstić information content (AvgIpc) is 2.73. The van der Waals surface area contributed by atoms with E-state index in [-0.39, 0.29) is 11.4 Å². The molecule has 29 heavy (non-hydrogen) atoms. The molecule has 0 unspecified atom stereocenters. The van der Waals surface area contributed by atoms with Gasteiger partial charge in [0.15, 0.2) is 23.4 Å². The third-order valence-corrected chi connectivity index (χ3v) is 4.21. The lowest BCUT2D eigenvalue weighted by molar-refractivity contribution is -0.142. The van der Waals surface area contributed by atoms with Gasteiger partial charge in [0.1, 0.15) is 0 Å². The van der Waals surface area contributed by atoms with Crippen molar-refractivity contribution in [3.8, 4) is 11.5 Å². The summed E-state index contributed by atoms with van der Waals surface area (Å²) < 4.78 is 16.1. The Morgan fingerprint density at radius 1 is 1.21 bits per heavy atom. The number of H-pyrrole nitrogens is 1. The molecular weight excluding hydrogens is 372 g/mol. The first kappa shape index (κ1) is 20.1. The fourth-order valence-electron chi connectivity index (χ4n) is 2.79. The Morgan fingerprint density at radius 3 is 2.76 bits per heavy atom. The average molecular weight is 394 g/mol. The van der Waals surface area contributed by atoms with Gasteiger partial charge in [-0.05, 0) is 49.8 Å². The van der Waals surface area contributed by atoms with Crippen LogP contribution in [-0.4, -0.2) is 29.7 Å². The van der Waals surface area contributed by atoms with Crippen LogP contribution in [0.1, 0.15) is 31.3 Å². The second kappa shape index (κ2) is 9.05. The van der Waals surface area contributed by atoms with Crippen LogP contribution in [0.3, 0.4) is 0 Å². The van der Waals surface area contributed by atoms with Gasteiger partial charge in [-0.3, -0.25) is 4.79 Å². The van der Waals surface area contributed by atoms with Gasteiger partial charge in [0.25, 0.3) is 5.56 Å². The SMILES string of the molecule is CCOc1ccc(/C=C/C(=O)O[C@@H](C)c2nc3ccccc3c(=O)[nH]2)cc1OC. The number of rotatable bonds is 7. The molecule has 2 aromatic carbocycles. The van der Waals surface area contributed by atoms with E-state index >= 15 is 0 Å². The van der Waals surface area contributed by atoms with E-state index in [1.165, 1.54) is 6.08 Å². The highest BCUT2D eigenvalue weighted by Crippen LogP contribution is 2.28. The number of carbonyl (C=O) groups is 1. The maximum atomic E-state index is 12.2. The third-order valence-electron chi connectivity index (χ3n) is 4.21. The largest absolute Gasteiger partial charge is 0.493 e. The molecule has 0 saturated heterocycles. The summed E-state index contributed by atoms with van der Waals surface area (Å²) in [7, 11) is 1.55. The molecule has 0 amide bonds. The second-order valence-electron chi connectivity index (χ2n) is 6.22. The molecule has 0 saturated carbocycles. The second-order valence-corrected chi connectivity index (χ2v) is 6.22. The normalized spacial score (nSPS) is 12.1. The van der Waals surface area contributed by atoms with Crippen molar-refractivity contribution in [2.75, 3.05) is 13.7 Å². The summed E-state index contributed by atoms with van der Waals surface area (Å²) in [5.41, 5.74) is 1.03. The van der Waals surface area contributed by atoms with E-state index in [4.69, 9.17) is 14.2 Å². The van der Waals surface area contributed by atoms with Crippen LogP contribution >= 0.6 is 0 Å². The van der Waals surface area contributed by atoms with Crippen LogP contribution in [0.2, 0.25) is 0 Å². The number of benzene rings is 2. The molecule has 150 valence electrons. The van der Waals surface area contributed by atoms with Gasteiger partial charge in [0.05, 0.1) is 24.6 Å². The molecular formula is C22H22N2O5. The van der Waals surface area contributed by atoms with E-state index in [1.54, 1.807) is 56.5 Å². The molecule has 0 aliphatic rings. The van der Waals surface area contributed by atoms with Crippen LogP contribution in [0.4, 0.5) is 0 Å². The minimum atomic E-state index is -0.709. The predicted molar refractivity (Wildman–Crippen MR) is 110 cm³/mol. The van der Waals surface area contributed by atoms with Crippen LogP contribution in [-0.2, 0) is 9.53 Å². The van der Waals surface area contributed by atoms with Crippen LogP contribution in [0.5, 0.6) is 11.5 Å². The highest BCUT2D eigenvalue weighted by atomic mass is 16.5. The molecule has 0 aliphatic heterocycles. The lowest BCUT2D eigenvalue weighted by Crippen LogP contribution is -2.16. The van der Waals surface area contributed by atoms with Gasteiger partial charge in [0, 0.05) is 6.08 Å². The molecule has 3 aromatic rings. The molecule has 7 heteroatoms. The van der Waals surface area contributed by atoms with Crippen molar-refractivity contribution in [3.63, 3.8) is 0 Å². The van der Waals surface area contributed by atoms with Crippen molar-refractivity contribution in [2.24, 2.45) is 0 Å². The number of nitrogens with one attached hydrogen (secondary N) is 1. The highest BCUT2D eigenvalue weighted by Gasteiger charge is 2.14. The first-order valence-corrected chi connectivity index (χ1v) is 9.20. The minimum absolute atomic E-state index is 0.273. The van der Waals surface area contributed by atoms with Gasteiger partial charge >= 0.3 is 5.97 Å². The molecule has 0 aliphatic carbocycles. The van der Waals surface area contributed by atoms with E-state index in [9.17, 15) is 9.59 Å². The first-order valence-electron chi connectivity index (χ1n) is 9.20. The predicted octanol–water partition coefficient (Wildman–Crippen LogP) is 3.65. The zero-order valence-corrected chi connectivity index (χ0v) is 16.5. The van der Waals surface area contributed by atoms with Crippen molar-refractivity contribution in [1.82, 2.24) is 9.97 Å². The summed E-state index contributed by atoms with van der Waals surface area (Å²) in [5.74, 6) is 0.947. The molecule has 0 spiro atoms. The summed E-state index contributed by atoms with van der Waals surface area (Å²) in [6.07, 6.45) is 2.22. The Labute approximate surface area is 168 Å². The topological polar surface area (TPSA) is 90.5 Å². The van der Waals surface area contributed by atoms with Gasteiger partial charge in [-0.1, -0.05) is 18.2 Å². The van der Waals surface area contributed by atoms with Crippen molar-refractivity contribution in [2.45, 2.75) is 20.0 Å².